The molecular formula is C15H20N2O. The number of nitrogens with one attached hydrogen (secondary N) is 2. The molecule has 3 nitrogen and oxygen atoms in total. The molecule has 0 fully saturated rings. The van der Waals surface area contributed by atoms with Crippen LogP contribution in [0, 0.1) is 13.8 Å². The average Bonchev–Trinajstić information content (AvgIpc) is 2.64. The number of amides is 1. The summed E-state index contributed by atoms with van der Waals surface area (Å²) >= 11 is 0. The molecule has 1 amide bonds. The molecule has 0 bridgehead atoms. The highest BCUT2D eigenvalue weighted by molar-refractivity contribution is 5.99. The molecule has 2 rings (SSSR count). The first-order valence-corrected chi connectivity index (χ1v) is 6.42. The highest BCUT2D eigenvalue weighted by Crippen LogP contribution is 2.22. The number of carbonyl (C=O) groups excluding carboxylic acids is 1. The molecule has 0 spiro atoms. The number of carbonyl (C=O) groups is 1. The van der Waals surface area contributed by atoms with Crippen molar-refractivity contribution in [2.45, 2.75) is 40.2 Å². The number of aromatic nitrogens is 1. The Balaban J connectivity index is 2.35. The van der Waals surface area contributed by atoms with Crippen molar-refractivity contribution in [1.29, 1.82) is 0 Å². The van der Waals surface area contributed by atoms with Crippen LogP contribution in [0.3, 0.4) is 0 Å². The van der Waals surface area contributed by atoms with E-state index in [0.29, 0.717) is 0 Å². The van der Waals surface area contributed by atoms with E-state index in [1.165, 1.54) is 5.56 Å². The zero-order chi connectivity index (χ0) is 13.3. The van der Waals surface area contributed by atoms with Crippen molar-refractivity contribution in [2.24, 2.45) is 0 Å². The number of benzene rings is 1. The van der Waals surface area contributed by atoms with Gasteiger partial charge in [0.25, 0.3) is 5.91 Å². The first kappa shape index (κ1) is 12.7. The predicted molar refractivity (Wildman–Crippen MR) is 75.0 cm³/mol. The van der Waals surface area contributed by atoms with Crippen molar-refractivity contribution in [3.63, 3.8) is 0 Å². The smallest absolute Gasteiger partial charge is 0.251 e. The first-order valence-electron chi connectivity index (χ1n) is 6.42. The molecule has 1 aromatic carbocycles. The van der Waals surface area contributed by atoms with Gasteiger partial charge in [0, 0.05) is 28.2 Å². The van der Waals surface area contributed by atoms with Gasteiger partial charge in [-0.3, -0.25) is 4.79 Å². The minimum atomic E-state index is 0.00417. The van der Waals surface area contributed by atoms with Crippen LogP contribution in [0.2, 0.25) is 0 Å². The van der Waals surface area contributed by atoms with Crippen molar-refractivity contribution >= 4 is 16.8 Å². The zero-order valence-corrected chi connectivity index (χ0v) is 11.4. The van der Waals surface area contributed by atoms with E-state index >= 15 is 0 Å². The Morgan fingerprint density at radius 1 is 1.39 bits per heavy atom. The maximum Gasteiger partial charge on any atom is 0.251 e. The van der Waals surface area contributed by atoms with E-state index in [-0.39, 0.29) is 11.9 Å². The average molecular weight is 244 g/mol. The SMILES string of the molecule is CC[C@@H](C)NC(=O)c1ccc2[nH]c(C)c(C)c2c1. The topological polar surface area (TPSA) is 44.9 Å². The second-order valence-electron chi connectivity index (χ2n) is 4.92. The van der Waals surface area contributed by atoms with Gasteiger partial charge in [-0.1, -0.05) is 6.92 Å². The molecule has 0 aliphatic rings. The van der Waals surface area contributed by atoms with Crippen molar-refractivity contribution in [2.75, 3.05) is 0 Å². The summed E-state index contributed by atoms with van der Waals surface area (Å²) in [5.74, 6) is 0.00417. The molecule has 96 valence electrons. The fraction of sp³-hybridized carbons (Fsp3) is 0.400. The summed E-state index contributed by atoms with van der Waals surface area (Å²) in [6.45, 7) is 8.20. The van der Waals surface area contributed by atoms with Crippen LogP contribution in [-0.2, 0) is 0 Å². The fourth-order valence-electron chi connectivity index (χ4n) is 2.01. The fourth-order valence-corrected chi connectivity index (χ4v) is 2.01. The van der Waals surface area contributed by atoms with E-state index in [1.807, 2.05) is 32.0 Å². The Hall–Kier alpha value is -1.77. The number of aryl methyl sites for hydroxylation is 2. The van der Waals surface area contributed by atoms with Crippen LogP contribution in [0.5, 0.6) is 0 Å². The molecular weight excluding hydrogens is 224 g/mol. The first-order chi connectivity index (χ1) is 8.52. The Morgan fingerprint density at radius 2 is 2.11 bits per heavy atom. The lowest BCUT2D eigenvalue weighted by Crippen LogP contribution is -2.31. The summed E-state index contributed by atoms with van der Waals surface area (Å²) < 4.78 is 0. The highest BCUT2D eigenvalue weighted by Gasteiger charge is 2.11. The highest BCUT2D eigenvalue weighted by atomic mass is 16.1. The van der Waals surface area contributed by atoms with E-state index in [9.17, 15) is 4.79 Å². The third kappa shape index (κ3) is 2.26. The molecule has 0 aliphatic carbocycles. The number of H-pyrrole nitrogens is 1. The minimum Gasteiger partial charge on any atom is -0.358 e. The Labute approximate surface area is 108 Å². The summed E-state index contributed by atoms with van der Waals surface area (Å²) in [7, 11) is 0. The molecule has 1 atom stereocenters. The predicted octanol–water partition coefficient (Wildman–Crippen LogP) is 3.31. The molecule has 2 aromatic rings. The molecule has 1 aromatic heterocycles. The molecule has 2 N–H and O–H groups in total. The van der Waals surface area contributed by atoms with Crippen LogP contribution >= 0.6 is 0 Å². The summed E-state index contributed by atoms with van der Waals surface area (Å²) in [6.07, 6.45) is 0.941. The number of aromatic amines is 1. The standard InChI is InChI=1S/C15H20N2O/c1-5-9(2)16-15(18)12-6-7-14-13(8-12)10(3)11(4)17-14/h6-9,17H,5H2,1-4H3,(H,16,18)/t9-/m1/s1. The van der Waals surface area contributed by atoms with E-state index in [1.54, 1.807) is 0 Å². The summed E-state index contributed by atoms with van der Waals surface area (Å²) in [6, 6.07) is 6.02. The second-order valence-corrected chi connectivity index (χ2v) is 4.92. The van der Waals surface area contributed by atoms with Gasteiger partial charge in [-0.15, -0.1) is 0 Å². The lowest BCUT2D eigenvalue weighted by Gasteiger charge is -2.11. The number of fused-ring (bicyclic) bond motifs is 1. The van der Waals surface area contributed by atoms with Crippen molar-refractivity contribution in [3.05, 3.63) is 35.0 Å². The van der Waals surface area contributed by atoms with Gasteiger partial charge in [0.05, 0.1) is 0 Å². The molecule has 3 heteroatoms. The van der Waals surface area contributed by atoms with Crippen LogP contribution < -0.4 is 5.32 Å². The van der Waals surface area contributed by atoms with Gasteiger partial charge < -0.3 is 10.3 Å². The van der Waals surface area contributed by atoms with Gasteiger partial charge in [0.15, 0.2) is 0 Å². The normalized spacial score (nSPS) is 12.7. The molecule has 0 unspecified atom stereocenters. The Bertz CT molecular complexity index is 583. The maximum absolute atomic E-state index is 12.1. The van der Waals surface area contributed by atoms with Crippen molar-refractivity contribution in [3.8, 4) is 0 Å². The van der Waals surface area contributed by atoms with E-state index in [4.69, 9.17) is 0 Å². The van der Waals surface area contributed by atoms with Gasteiger partial charge in [0.2, 0.25) is 0 Å². The molecule has 0 radical (unpaired) electrons. The largest absolute Gasteiger partial charge is 0.358 e. The lowest BCUT2D eigenvalue weighted by molar-refractivity contribution is 0.0939. The molecule has 0 saturated carbocycles. The summed E-state index contributed by atoms with van der Waals surface area (Å²) in [4.78, 5) is 15.4. The van der Waals surface area contributed by atoms with E-state index in [2.05, 4.69) is 24.1 Å². The van der Waals surface area contributed by atoms with Crippen LogP contribution in [0.4, 0.5) is 0 Å². The lowest BCUT2D eigenvalue weighted by atomic mass is 10.1. The van der Waals surface area contributed by atoms with Gasteiger partial charge in [-0.25, -0.2) is 0 Å². The molecule has 0 aliphatic heterocycles. The molecule has 18 heavy (non-hydrogen) atoms. The number of hydrogen-bond donors (Lipinski definition) is 2. The van der Waals surface area contributed by atoms with Crippen LogP contribution in [0.1, 0.15) is 41.9 Å². The number of rotatable bonds is 3. The number of hydrogen-bond acceptors (Lipinski definition) is 1. The van der Waals surface area contributed by atoms with E-state index in [0.717, 1.165) is 28.6 Å². The Kier molecular flexibility index (Phi) is 3.41. The van der Waals surface area contributed by atoms with Crippen LogP contribution in [0.15, 0.2) is 18.2 Å². The van der Waals surface area contributed by atoms with Gasteiger partial charge in [-0.2, -0.15) is 0 Å². The van der Waals surface area contributed by atoms with E-state index < -0.39 is 0 Å². The second kappa shape index (κ2) is 4.84. The van der Waals surface area contributed by atoms with Crippen molar-refractivity contribution < 1.29 is 4.79 Å². The third-order valence-electron chi connectivity index (χ3n) is 3.56. The minimum absolute atomic E-state index is 0.00417. The quantitative estimate of drug-likeness (QED) is 0.854. The molecule has 1 heterocycles. The van der Waals surface area contributed by atoms with Gasteiger partial charge in [-0.05, 0) is 51.0 Å². The molecule has 0 saturated heterocycles. The third-order valence-corrected chi connectivity index (χ3v) is 3.56. The van der Waals surface area contributed by atoms with Crippen LogP contribution in [0.25, 0.3) is 10.9 Å². The van der Waals surface area contributed by atoms with Gasteiger partial charge >= 0.3 is 0 Å². The maximum atomic E-state index is 12.1. The van der Waals surface area contributed by atoms with Crippen LogP contribution in [-0.4, -0.2) is 16.9 Å². The van der Waals surface area contributed by atoms with Crippen molar-refractivity contribution in [1.82, 2.24) is 10.3 Å². The monoisotopic (exact) mass is 244 g/mol. The van der Waals surface area contributed by atoms with Gasteiger partial charge in [0.1, 0.15) is 0 Å². The summed E-state index contributed by atoms with van der Waals surface area (Å²) in [5.41, 5.74) is 4.18. The Morgan fingerprint density at radius 3 is 2.78 bits per heavy atom. The zero-order valence-electron chi connectivity index (χ0n) is 11.4. The summed E-state index contributed by atoms with van der Waals surface area (Å²) in [5, 5.41) is 4.12.